The molecule has 0 N–H and O–H groups in total. The number of carbonyl (C=O) groups excluding carboxylic acids is 5. The van der Waals surface area contributed by atoms with E-state index in [0.29, 0.717) is 56.8 Å². The van der Waals surface area contributed by atoms with Gasteiger partial charge in [-0.2, -0.15) is 0 Å². The first-order valence-electron chi connectivity index (χ1n) is 21.2. The number of ether oxygens (including phenoxy) is 9. The summed E-state index contributed by atoms with van der Waals surface area (Å²) in [6.45, 7) is 10.9. The highest BCUT2D eigenvalue weighted by Gasteiger charge is 2.21. The minimum atomic E-state index is -0.726. The van der Waals surface area contributed by atoms with Crippen LogP contribution < -0.4 is 18.9 Å². The molecule has 336 valence electrons. The van der Waals surface area contributed by atoms with E-state index >= 15 is 0 Å². The van der Waals surface area contributed by atoms with Crippen LogP contribution in [0.5, 0.6) is 23.0 Å². The van der Waals surface area contributed by atoms with E-state index in [0.717, 1.165) is 51.4 Å². The van der Waals surface area contributed by atoms with Crippen molar-refractivity contribution in [3.63, 3.8) is 0 Å². The molecule has 14 nitrogen and oxygen atoms in total. The van der Waals surface area contributed by atoms with Crippen LogP contribution in [-0.4, -0.2) is 76.1 Å². The van der Waals surface area contributed by atoms with E-state index in [1.54, 1.807) is 48.5 Å². The Hall–Kier alpha value is -6.31. The lowest BCUT2D eigenvalue weighted by Gasteiger charge is -2.13. The average Bonchev–Trinajstić information content (AvgIpc) is 3.28. The standard InChI is InChI=1S/C48H60O14/c1-4-7-8-9-14-31-60-48(53)42-36-41(61-46(51)37-19-23-39(24-20-37)56-29-15-10-12-17-44(49)58-34-32-54-5-2)27-28-43(42)62-47(52)38-21-25-40(26-22-38)57-30-16-11-13-18-45(50)59-35-33-55-6-3/h5-6,19-28,36H,2-4,7-18,29-35H2,1H3. The molecule has 14 heteroatoms. The van der Waals surface area contributed by atoms with Crippen LogP contribution in [0.4, 0.5) is 0 Å². The smallest absolute Gasteiger partial charge is 0.343 e. The van der Waals surface area contributed by atoms with Gasteiger partial charge in [0.2, 0.25) is 0 Å². The van der Waals surface area contributed by atoms with Crippen LogP contribution in [0.1, 0.15) is 121 Å². The highest BCUT2D eigenvalue weighted by atomic mass is 16.6. The van der Waals surface area contributed by atoms with Gasteiger partial charge in [-0.3, -0.25) is 9.59 Å². The zero-order chi connectivity index (χ0) is 44.6. The summed E-state index contributed by atoms with van der Waals surface area (Å²) in [5.41, 5.74) is 0.389. The molecule has 0 aliphatic carbocycles. The Balaban J connectivity index is 1.52. The van der Waals surface area contributed by atoms with Crippen molar-refractivity contribution in [1.82, 2.24) is 0 Å². The third-order valence-electron chi connectivity index (χ3n) is 9.00. The molecule has 0 spiro atoms. The minimum Gasteiger partial charge on any atom is -0.498 e. The summed E-state index contributed by atoms with van der Waals surface area (Å²) in [5, 5.41) is 0. The van der Waals surface area contributed by atoms with Crippen LogP contribution in [0.2, 0.25) is 0 Å². The average molecular weight is 861 g/mol. The van der Waals surface area contributed by atoms with Crippen LogP contribution >= 0.6 is 0 Å². The van der Waals surface area contributed by atoms with Crippen LogP contribution in [-0.2, 0) is 33.3 Å². The molecule has 0 aliphatic rings. The quantitative estimate of drug-likeness (QED) is 0.0187. The lowest BCUT2D eigenvalue weighted by Crippen LogP contribution is -2.14. The van der Waals surface area contributed by atoms with E-state index in [1.807, 2.05) is 0 Å². The molecule has 0 radical (unpaired) electrons. The van der Waals surface area contributed by atoms with Crippen molar-refractivity contribution >= 4 is 29.8 Å². The van der Waals surface area contributed by atoms with Gasteiger partial charge in [0.1, 0.15) is 55.0 Å². The summed E-state index contributed by atoms with van der Waals surface area (Å²) in [6, 6.07) is 16.9. The van der Waals surface area contributed by atoms with E-state index in [9.17, 15) is 24.0 Å². The minimum absolute atomic E-state index is 0.0507. The van der Waals surface area contributed by atoms with Crippen LogP contribution in [0.3, 0.4) is 0 Å². The van der Waals surface area contributed by atoms with Crippen molar-refractivity contribution in [3.8, 4) is 23.0 Å². The summed E-state index contributed by atoms with van der Waals surface area (Å²) in [7, 11) is 0. The first-order valence-corrected chi connectivity index (χ1v) is 21.2. The zero-order valence-corrected chi connectivity index (χ0v) is 35.8. The molecule has 0 amide bonds. The molecule has 0 heterocycles. The van der Waals surface area contributed by atoms with E-state index in [2.05, 4.69) is 20.1 Å². The van der Waals surface area contributed by atoms with Crippen molar-refractivity contribution in [3.05, 3.63) is 109 Å². The third-order valence-corrected chi connectivity index (χ3v) is 9.00. The number of unbranched alkanes of at least 4 members (excludes halogenated alkanes) is 8. The second-order valence-corrected chi connectivity index (χ2v) is 13.9. The number of esters is 5. The SMILES string of the molecule is C=COCCOC(=O)CCCCCOc1ccc(C(=O)Oc2ccc(OC(=O)c3ccc(OCCCCCC(=O)OCCOC=C)cc3)c(C(=O)OCCCCCCC)c2)cc1. The fourth-order valence-corrected chi connectivity index (χ4v) is 5.66. The van der Waals surface area contributed by atoms with E-state index in [1.165, 1.54) is 30.7 Å². The summed E-state index contributed by atoms with van der Waals surface area (Å²) in [4.78, 5) is 63.1. The second kappa shape index (κ2) is 30.7. The van der Waals surface area contributed by atoms with Crippen LogP contribution in [0.25, 0.3) is 0 Å². The van der Waals surface area contributed by atoms with Crippen molar-refractivity contribution in [1.29, 1.82) is 0 Å². The van der Waals surface area contributed by atoms with E-state index in [-0.39, 0.29) is 73.2 Å². The van der Waals surface area contributed by atoms with Gasteiger partial charge >= 0.3 is 29.8 Å². The van der Waals surface area contributed by atoms with Crippen molar-refractivity contribution < 1.29 is 66.6 Å². The summed E-state index contributed by atoms with van der Waals surface area (Å²) in [5.74, 6) is -1.57. The molecular formula is C48H60O14. The monoisotopic (exact) mass is 860 g/mol. The normalized spacial score (nSPS) is 10.5. The van der Waals surface area contributed by atoms with Gasteiger partial charge in [-0.15, -0.1) is 0 Å². The van der Waals surface area contributed by atoms with Gasteiger partial charge in [0.15, 0.2) is 0 Å². The van der Waals surface area contributed by atoms with Gasteiger partial charge in [0.25, 0.3) is 0 Å². The lowest BCUT2D eigenvalue weighted by atomic mass is 10.1. The first-order chi connectivity index (χ1) is 30.2. The highest BCUT2D eigenvalue weighted by Crippen LogP contribution is 2.28. The highest BCUT2D eigenvalue weighted by molar-refractivity contribution is 5.97. The van der Waals surface area contributed by atoms with Gasteiger partial charge in [-0.05, 0) is 112 Å². The van der Waals surface area contributed by atoms with Gasteiger partial charge in [-0.1, -0.05) is 45.8 Å². The molecule has 0 aromatic heterocycles. The summed E-state index contributed by atoms with van der Waals surface area (Å²) < 4.78 is 48.3. The Morgan fingerprint density at radius 2 is 0.935 bits per heavy atom. The largest absolute Gasteiger partial charge is 0.498 e. The van der Waals surface area contributed by atoms with Crippen LogP contribution in [0, 0.1) is 0 Å². The Labute approximate surface area is 364 Å². The van der Waals surface area contributed by atoms with Gasteiger partial charge in [0.05, 0.1) is 43.5 Å². The topological polar surface area (TPSA) is 168 Å². The molecule has 3 aromatic rings. The summed E-state index contributed by atoms with van der Waals surface area (Å²) in [6.07, 6.45) is 12.3. The number of hydrogen-bond donors (Lipinski definition) is 0. The number of hydrogen-bond acceptors (Lipinski definition) is 14. The lowest BCUT2D eigenvalue weighted by molar-refractivity contribution is -0.145. The van der Waals surface area contributed by atoms with Crippen molar-refractivity contribution in [2.24, 2.45) is 0 Å². The molecule has 0 unspecified atom stereocenters. The molecule has 0 aliphatic heterocycles. The maximum absolute atomic E-state index is 13.3. The number of carbonyl (C=O) groups is 5. The molecule has 0 saturated carbocycles. The molecule has 62 heavy (non-hydrogen) atoms. The molecule has 0 fully saturated rings. The van der Waals surface area contributed by atoms with Crippen LogP contribution in [0.15, 0.2) is 92.4 Å². The Kier molecular flexibility index (Phi) is 24.8. The van der Waals surface area contributed by atoms with Crippen molar-refractivity contribution in [2.75, 3.05) is 46.2 Å². The van der Waals surface area contributed by atoms with Gasteiger partial charge < -0.3 is 42.6 Å². The maximum atomic E-state index is 13.3. The summed E-state index contributed by atoms with van der Waals surface area (Å²) >= 11 is 0. The fraction of sp³-hybridized carbons (Fsp3) is 0.438. The Morgan fingerprint density at radius 3 is 1.45 bits per heavy atom. The first kappa shape index (κ1) is 50.0. The Morgan fingerprint density at radius 1 is 0.468 bits per heavy atom. The fourth-order valence-electron chi connectivity index (χ4n) is 5.66. The predicted molar refractivity (Wildman–Crippen MR) is 230 cm³/mol. The zero-order valence-electron chi connectivity index (χ0n) is 35.8. The van der Waals surface area contributed by atoms with Gasteiger partial charge in [0, 0.05) is 12.8 Å². The number of benzene rings is 3. The molecule has 0 bridgehead atoms. The van der Waals surface area contributed by atoms with E-state index < -0.39 is 17.9 Å². The van der Waals surface area contributed by atoms with E-state index in [4.69, 9.17) is 42.6 Å². The van der Waals surface area contributed by atoms with Crippen molar-refractivity contribution in [2.45, 2.75) is 90.4 Å². The molecular weight excluding hydrogens is 801 g/mol. The number of rotatable bonds is 33. The predicted octanol–water partition coefficient (Wildman–Crippen LogP) is 9.54. The molecule has 3 rings (SSSR count). The second-order valence-electron chi connectivity index (χ2n) is 13.9. The molecule has 0 atom stereocenters. The molecule has 3 aromatic carbocycles. The maximum Gasteiger partial charge on any atom is 0.343 e. The Bertz CT molecular complexity index is 1820. The molecule has 0 saturated heterocycles. The van der Waals surface area contributed by atoms with Gasteiger partial charge in [-0.25, -0.2) is 14.4 Å². The third kappa shape index (κ3) is 20.8.